The summed E-state index contributed by atoms with van der Waals surface area (Å²) in [4.78, 5) is 23.7. The first-order valence-electron chi connectivity index (χ1n) is 10.7. The predicted molar refractivity (Wildman–Crippen MR) is 136 cm³/mol. The van der Waals surface area contributed by atoms with E-state index in [0.29, 0.717) is 21.5 Å². The van der Waals surface area contributed by atoms with Gasteiger partial charge in [0, 0.05) is 18.3 Å². The van der Waals surface area contributed by atoms with E-state index in [1.807, 2.05) is 32.0 Å². The topological polar surface area (TPSA) is 109 Å². The number of amides is 1. The van der Waals surface area contributed by atoms with Gasteiger partial charge in [0.1, 0.15) is 11.5 Å². The number of nitrogens with zero attached hydrogens (tertiary/aromatic N) is 3. The SMILES string of the molecule is Cc1ccc(C)c(Oc2cc(NC(=O)c3ccn(COc4c(Cl)cccc4Cl)n3)cc([N+](=O)[O-])c2)c1. The number of rotatable bonds is 8. The predicted octanol–water partition coefficient (Wildman–Crippen LogP) is 6.80. The highest BCUT2D eigenvalue weighted by molar-refractivity contribution is 6.37. The molecule has 184 valence electrons. The van der Waals surface area contributed by atoms with Crippen LogP contribution in [0.15, 0.2) is 66.9 Å². The summed E-state index contributed by atoms with van der Waals surface area (Å²) in [6, 6.07) is 16.2. The molecule has 0 unspecified atom stereocenters. The number of halogens is 2. The zero-order valence-corrected chi connectivity index (χ0v) is 20.7. The van der Waals surface area contributed by atoms with Gasteiger partial charge in [-0.3, -0.25) is 14.9 Å². The molecule has 1 heterocycles. The molecule has 0 aliphatic rings. The molecule has 36 heavy (non-hydrogen) atoms. The van der Waals surface area contributed by atoms with Crippen LogP contribution in [0.4, 0.5) is 11.4 Å². The lowest BCUT2D eigenvalue weighted by Crippen LogP contribution is -2.14. The molecule has 0 atom stereocenters. The van der Waals surface area contributed by atoms with E-state index in [-0.39, 0.29) is 29.5 Å². The van der Waals surface area contributed by atoms with Crippen LogP contribution in [0, 0.1) is 24.0 Å². The van der Waals surface area contributed by atoms with Crippen molar-refractivity contribution in [3.05, 3.63) is 104 Å². The number of carbonyl (C=O) groups is 1. The third-order valence-corrected chi connectivity index (χ3v) is 5.66. The molecule has 1 amide bonds. The number of non-ortho nitro benzene ring substituents is 1. The smallest absolute Gasteiger partial charge is 0.276 e. The summed E-state index contributed by atoms with van der Waals surface area (Å²) < 4.78 is 12.9. The van der Waals surface area contributed by atoms with Crippen LogP contribution in [0.3, 0.4) is 0 Å². The lowest BCUT2D eigenvalue weighted by atomic mass is 10.1. The maximum atomic E-state index is 12.8. The molecule has 0 spiro atoms. The number of nitrogens with one attached hydrogen (secondary N) is 1. The van der Waals surface area contributed by atoms with Crippen molar-refractivity contribution >= 4 is 40.5 Å². The van der Waals surface area contributed by atoms with Crippen LogP contribution in [0.2, 0.25) is 10.0 Å². The fourth-order valence-electron chi connectivity index (χ4n) is 3.26. The number of hydrogen-bond acceptors (Lipinski definition) is 6. The molecule has 0 saturated carbocycles. The monoisotopic (exact) mass is 526 g/mol. The van der Waals surface area contributed by atoms with Crippen molar-refractivity contribution in [2.45, 2.75) is 20.6 Å². The molecule has 9 nitrogen and oxygen atoms in total. The minimum Gasteiger partial charge on any atom is -0.468 e. The van der Waals surface area contributed by atoms with Crippen LogP contribution in [0.1, 0.15) is 21.6 Å². The van der Waals surface area contributed by atoms with E-state index in [1.54, 1.807) is 24.4 Å². The standard InChI is InChI=1S/C25H20Cl2N4O5/c1-15-6-7-16(2)23(10-15)36-19-12-17(11-18(13-19)31(33)34)28-25(32)22-8-9-30(29-22)14-35-24-20(26)4-3-5-21(24)27/h3-13H,14H2,1-2H3,(H,28,32). The minimum atomic E-state index is -0.567. The van der Waals surface area contributed by atoms with E-state index in [9.17, 15) is 14.9 Å². The van der Waals surface area contributed by atoms with E-state index in [0.717, 1.165) is 11.1 Å². The van der Waals surface area contributed by atoms with Crippen LogP contribution >= 0.6 is 23.2 Å². The Hall–Kier alpha value is -4.08. The largest absolute Gasteiger partial charge is 0.468 e. The highest BCUT2D eigenvalue weighted by Crippen LogP contribution is 2.33. The minimum absolute atomic E-state index is 0.0403. The van der Waals surface area contributed by atoms with E-state index in [4.69, 9.17) is 32.7 Å². The number of nitro groups is 1. The lowest BCUT2D eigenvalue weighted by Gasteiger charge is -2.11. The zero-order chi connectivity index (χ0) is 25.8. The second-order valence-electron chi connectivity index (χ2n) is 7.86. The summed E-state index contributed by atoms with van der Waals surface area (Å²) in [7, 11) is 0. The highest BCUT2D eigenvalue weighted by atomic mass is 35.5. The molecule has 0 aliphatic carbocycles. The Bertz CT molecular complexity index is 1430. The van der Waals surface area contributed by atoms with Crippen molar-refractivity contribution in [2.75, 3.05) is 5.32 Å². The average Bonchev–Trinajstić information content (AvgIpc) is 3.30. The summed E-state index contributed by atoms with van der Waals surface area (Å²) >= 11 is 12.2. The van der Waals surface area contributed by atoms with E-state index >= 15 is 0 Å². The fraction of sp³-hybridized carbons (Fsp3) is 0.120. The van der Waals surface area contributed by atoms with Gasteiger partial charge in [0.05, 0.1) is 26.7 Å². The van der Waals surface area contributed by atoms with Crippen LogP contribution in [-0.2, 0) is 6.73 Å². The summed E-state index contributed by atoms with van der Waals surface area (Å²) in [6.45, 7) is 3.74. The van der Waals surface area contributed by atoms with Crippen molar-refractivity contribution < 1.29 is 19.2 Å². The summed E-state index contributed by atoms with van der Waals surface area (Å²) in [5.74, 6) is 0.506. The molecular weight excluding hydrogens is 507 g/mol. The molecule has 4 aromatic rings. The van der Waals surface area contributed by atoms with Gasteiger partial charge in [0.25, 0.3) is 11.6 Å². The Morgan fingerprint density at radius 2 is 1.83 bits per heavy atom. The fourth-order valence-corrected chi connectivity index (χ4v) is 3.77. The molecule has 1 N–H and O–H groups in total. The number of hydrogen-bond donors (Lipinski definition) is 1. The Morgan fingerprint density at radius 1 is 1.08 bits per heavy atom. The first-order chi connectivity index (χ1) is 17.2. The van der Waals surface area contributed by atoms with Crippen molar-refractivity contribution in [1.29, 1.82) is 0 Å². The van der Waals surface area contributed by atoms with E-state index < -0.39 is 10.8 Å². The van der Waals surface area contributed by atoms with Gasteiger partial charge in [-0.05, 0) is 49.2 Å². The van der Waals surface area contributed by atoms with Gasteiger partial charge in [0.15, 0.2) is 18.2 Å². The van der Waals surface area contributed by atoms with Gasteiger partial charge in [-0.2, -0.15) is 5.10 Å². The van der Waals surface area contributed by atoms with Gasteiger partial charge in [-0.25, -0.2) is 4.68 Å². The van der Waals surface area contributed by atoms with Crippen LogP contribution in [0.5, 0.6) is 17.2 Å². The molecular formula is C25H20Cl2N4O5. The molecule has 4 rings (SSSR count). The number of benzene rings is 3. The van der Waals surface area contributed by atoms with Gasteiger partial charge < -0.3 is 14.8 Å². The molecule has 11 heteroatoms. The first kappa shape index (κ1) is 25.0. The third kappa shape index (κ3) is 5.94. The molecule has 1 aromatic heterocycles. The lowest BCUT2D eigenvalue weighted by molar-refractivity contribution is -0.384. The maximum Gasteiger partial charge on any atom is 0.276 e. The summed E-state index contributed by atoms with van der Waals surface area (Å²) in [5, 5.41) is 19.0. The van der Waals surface area contributed by atoms with Crippen molar-refractivity contribution in [3.8, 4) is 17.2 Å². The number of aromatic nitrogens is 2. The van der Waals surface area contributed by atoms with E-state index in [1.165, 1.54) is 28.9 Å². The second kappa shape index (κ2) is 10.7. The molecule has 0 bridgehead atoms. The summed E-state index contributed by atoms with van der Waals surface area (Å²) in [6.07, 6.45) is 1.54. The Morgan fingerprint density at radius 3 is 2.56 bits per heavy atom. The molecule has 0 saturated heterocycles. The number of carbonyl (C=O) groups excluding carboxylic acids is 1. The third-order valence-electron chi connectivity index (χ3n) is 5.06. The number of nitro benzene ring substituents is 1. The molecule has 0 aliphatic heterocycles. The van der Waals surface area contributed by atoms with Gasteiger partial charge in [-0.1, -0.05) is 41.4 Å². The number of para-hydroxylation sites is 1. The Labute approximate surface area is 216 Å². The van der Waals surface area contributed by atoms with Crippen molar-refractivity contribution in [2.24, 2.45) is 0 Å². The maximum absolute atomic E-state index is 12.8. The number of aryl methyl sites for hydroxylation is 2. The second-order valence-corrected chi connectivity index (χ2v) is 8.68. The molecule has 0 fully saturated rings. The van der Waals surface area contributed by atoms with Crippen LogP contribution in [0.25, 0.3) is 0 Å². The van der Waals surface area contributed by atoms with Crippen LogP contribution < -0.4 is 14.8 Å². The number of ether oxygens (including phenoxy) is 2. The number of anilines is 1. The average molecular weight is 527 g/mol. The Balaban J connectivity index is 1.49. The van der Waals surface area contributed by atoms with E-state index in [2.05, 4.69) is 10.4 Å². The van der Waals surface area contributed by atoms with Gasteiger partial charge >= 0.3 is 0 Å². The first-order valence-corrected chi connectivity index (χ1v) is 11.4. The van der Waals surface area contributed by atoms with Crippen molar-refractivity contribution in [3.63, 3.8) is 0 Å². The normalized spacial score (nSPS) is 10.7. The zero-order valence-electron chi connectivity index (χ0n) is 19.2. The van der Waals surface area contributed by atoms with Crippen LogP contribution in [-0.4, -0.2) is 20.6 Å². The molecule has 3 aromatic carbocycles. The quantitative estimate of drug-likeness (QED) is 0.200. The van der Waals surface area contributed by atoms with Gasteiger partial charge in [-0.15, -0.1) is 0 Å². The van der Waals surface area contributed by atoms with Crippen molar-refractivity contribution in [1.82, 2.24) is 9.78 Å². The highest BCUT2D eigenvalue weighted by Gasteiger charge is 2.16. The molecule has 0 radical (unpaired) electrons. The Kier molecular flexibility index (Phi) is 7.42. The van der Waals surface area contributed by atoms with Gasteiger partial charge in [0.2, 0.25) is 0 Å². The summed E-state index contributed by atoms with van der Waals surface area (Å²) in [5.41, 5.74) is 1.87.